The minimum Gasteiger partial charge on any atom is -0.456 e. The number of rotatable bonds is 6. The van der Waals surface area contributed by atoms with Crippen molar-refractivity contribution < 1.29 is 39.5 Å². The Kier molecular flexibility index (Phi) is 5.18. The molecule has 0 aliphatic carbocycles. The van der Waals surface area contributed by atoms with Gasteiger partial charge in [-0.15, -0.1) is 0 Å². The fourth-order valence-electron chi connectivity index (χ4n) is 0.647. The highest BCUT2D eigenvalue weighted by Crippen LogP contribution is 2.20. The van der Waals surface area contributed by atoms with Crippen molar-refractivity contribution in [1.82, 2.24) is 0 Å². The summed E-state index contributed by atoms with van der Waals surface area (Å²) in [6.45, 7) is 6.22. The van der Waals surface area contributed by atoms with Gasteiger partial charge in [-0.2, -0.15) is 0 Å². The van der Waals surface area contributed by atoms with Gasteiger partial charge in [0.05, 0.1) is 0 Å². The molecule has 4 N–H and O–H groups in total. The lowest BCUT2D eigenvalue weighted by molar-refractivity contribution is -0.448. The molecule has 8 nitrogen and oxygen atoms in total. The second-order valence-electron chi connectivity index (χ2n) is 3.41. The summed E-state index contributed by atoms with van der Waals surface area (Å²) in [6.07, 6.45) is 0.567. The Hall–Kier alpha value is -1.74. The zero-order valence-electron chi connectivity index (χ0n) is 9.62. The summed E-state index contributed by atoms with van der Waals surface area (Å²) in [7, 11) is 0. The van der Waals surface area contributed by atoms with Gasteiger partial charge < -0.3 is 29.9 Å². The van der Waals surface area contributed by atoms with Crippen LogP contribution in [0.2, 0.25) is 0 Å². The number of aliphatic hydroxyl groups is 4. The van der Waals surface area contributed by atoms with E-state index in [2.05, 4.69) is 22.6 Å². The van der Waals surface area contributed by atoms with Crippen LogP contribution in [0.5, 0.6) is 0 Å². The molecule has 0 aromatic carbocycles. The first-order valence-corrected chi connectivity index (χ1v) is 4.61. The third-order valence-electron chi connectivity index (χ3n) is 1.68. The predicted octanol–water partition coefficient (Wildman–Crippen LogP) is -1.85. The molecule has 0 atom stereocenters. The fraction of sp³-hybridized carbons (Fsp3) is 0.400. The van der Waals surface area contributed by atoms with Gasteiger partial charge in [0.2, 0.25) is 0 Å². The van der Waals surface area contributed by atoms with Crippen LogP contribution in [0.1, 0.15) is 6.92 Å². The van der Waals surface area contributed by atoms with Crippen molar-refractivity contribution in [2.75, 3.05) is 6.61 Å². The molecule has 0 saturated carbocycles. The van der Waals surface area contributed by atoms with Crippen LogP contribution in [0.25, 0.3) is 0 Å². The lowest BCUT2D eigenvalue weighted by Crippen LogP contribution is -2.59. The van der Waals surface area contributed by atoms with Crippen LogP contribution in [-0.4, -0.2) is 50.7 Å². The molecular formula is C10H14O8. The third kappa shape index (κ3) is 4.26. The van der Waals surface area contributed by atoms with E-state index in [0.29, 0.717) is 6.08 Å². The summed E-state index contributed by atoms with van der Waals surface area (Å²) in [4.78, 5) is 21.7. The molecular weight excluding hydrogens is 248 g/mol. The van der Waals surface area contributed by atoms with Crippen LogP contribution in [0.15, 0.2) is 24.8 Å². The predicted molar refractivity (Wildman–Crippen MR) is 56.4 cm³/mol. The zero-order valence-corrected chi connectivity index (χ0v) is 9.62. The third-order valence-corrected chi connectivity index (χ3v) is 1.68. The maximum absolute atomic E-state index is 11.0. The Bertz CT molecular complexity index is 368. The smallest absolute Gasteiger partial charge is 0.385 e. The number of carbonyl (C=O) groups excluding carboxylic acids is 2. The maximum atomic E-state index is 11.0. The van der Waals surface area contributed by atoms with Crippen LogP contribution >= 0.6 is 0 Å². The van der Waals surface area contributed by atoms with Gasteiger partial charge in [-0.3, -0.25) is 0 Å². The van der Waals surface area contributed by atoms with Gasteiger partial charge in [0.15, 0.2) is 6.61 Å². The Labute approximate surface area is 102 Å². The molecule has 0 saturated heterocycles. The van der Waals surface area contributed by atoms with E-state index < -0.39 is 30.3 Å². The second-order valence-corrected chi connectivity index (χ2v) is 3.41. The number of hydrogen-bond donors (Lipinski definition) is 4. The van der Waals surface area contributed by atoms with Crippen molar-refractivity contribution in [2.24, 2.45) is 0 Å². The number of ether oxygens (including phenoxy) is 2. The highest BCUT2D eigenvalue weighted by molar-refractivity contribution is 5.86. The lowest BCUT2D eigenvalue weighted by atomic mass is 10.2. The number of carbonyl (C=O) groups is 2. The van der Waals surface area contributed by atoms with Gasteiger partial charge >= 0.3 is 17.9 Å². The minimum absolute atomic E-state index is 0.0460. The van der Waals surface area contributed by atoms with Gasteiger partial charge in [0, 0.05) is 11.6 Å². The molecule has 0 radical (unpaired) electrons. The van der Waals surface area contributed by atoms with Gasteiger partial charge in [-0.05, 0) is 6.92 Å². The second kappa shape index (κ2) is 5.74. The van der Waals surface area contributed by atoms with Crippen molar-refractivity contribution in [3.8, 4) is 0 Å². The van der Waals surface area contributed by atoms with Crippen molar-refractivity contribution in [1.29, 1.82) is 0 Å². The molecule has 0 fully saturated rings. The average Bonchev–Trinajstić information content (AvgIpc) is 2.24. The highest BCUT2D eigenvalue weighted by Gasteiger charge is 2.52. The summed E-state index contributed by atoms with van der Waals surface area (Å²) >= 11 is 0. The SMILES string of the molecule is C=CC(=O)OC(O)(O)C(O)(O)COC(=O)C(=C)C. The molecule has 0 aromatic heterocycles. The first-order valence-electron chi connectivity index (χ1n) is 4.61. The molecule has 0 aliphatic heterocycles. The van der Waals surface area contributed by atoms with Crippen LogP contribution in [-0.2, 0) is 19.1 Å². The van der Waals surface area contributed by atoms with E-state index in [-0.39, 0.29) is 5.57 Å². The van der Waals surface area contributed by atoms with Crippen molar-refractivity contribution >= 4 is 11.9 Å². The summed E-state index contributed by atoms with van der Waals surface area (Å²) in [5.74, 6) is -9.41. The highest BCUT2D eigenvalue weighted by atomic mass is 16.8. The molecule has 0 bridgehead atoms. The summed E-state index contributed by atoms with van der Waals surface area (Å²) in [6, 6.07) is 0. The van der Waals surface area contributed by atoms with E-state index in [0.717, 1.165) is 0 Å². The Morgan fingerprint density at radius 2 is 1.78 bits per heavy atom. The summed E-state index contributed by atoms with van der Waals surface area (Å²) in [5.41, 5.74) is -0.0460. The Balaban J connectivity index is 4.69. The van der Waals surface area contributed by atoms with Crippen LogP contribution in [0, 0.1) is 0 Å². The minimum atomic E-state index is -3.67. The maximum Gasteiger partial charge on any atom is 0.385 e. The largest absolute Gasteiger partial charge is 0.456 e. The van der Waals surface area contributed by atoms with Crippen molar-refractivity contribution in [2.45, 2.75) is 18.7 Å². The zero-order chi connectivity index (χ0) is 14.6. The quantitative estimate of drug-likeness (QED) is 0.249. The van der Waals surface area contributed by atoms with E-state index in [9.17, 15) is 19.8 Å². The molecule has 0 heterocycles. The topological polar surface area (TPSA) is 134 Å². The monoisotopic (exact) mass is 262 g/mol. The molecule has 0 rings (SSSR count). The molecule has 0 amide bonds. The van der Waals surface area contributed by atoms with Crippen molar-refractivity contribution in [3.63, 3.8) is 0 Å². The molecule has 0 spiro atoms. The molecule has 18 heavy (non-hydrogen) atoms. The van der Waals surface area contributed by atoms with E-state index in [1.165, 1.54) is 6.92 Å². The lowest BCUT2D eigenvalue weighted by Gasteiger charge is -2.32. The van der Waals surface area contributed by atoms with E-state index in [4.69, 9.17) is 10.2 Å². The van der Waals surface area contributed by atoms with Gasteiger partial charge in [-0.25, -0.2) is 9.59 Å². The van der Waals surface area contributed by atoms with Gasteiger partial charge in [0.1, 0.15) is 0 Å². The number of hydrogen-bond acceptors (Lipinski definition) is 8. The van der Waals surface area contributed by atoms with Crippen molar-refractivity contribution in [3.05, 3.63) is 24.8 Å². The van der Waals surface area contributed by atoms with E-state index in [1.54, 1.807) is 0 Å². The van der Waals surface area contributed by atoms with Gasteiger partial charge in [-0.1, -0.05) is 13.2 Å². The Morgan fingerprint density at radius 1 is 1.28 bits per heavy atom. The molecule has 0 aliphatic rings. The number of esters is 2. The van der Waals surface area contributed by atoms with E-state index >= 15 is 0 Å². The fourth-order valence-corrected chi connectivity index (χ4v) is 0.647. The summed E-state index contributed by atoms with van der Waals surface area (Å²) < 4.78 is 8.18. The normalized spacial score (nSPS) is 11.6. The molecule has 0 unspecified atom stereocenters. The standard InChI is InChI=1S/C10H14O8/c1-4-7(11)18-10(15,16)9(13,14)5-17-8(12)6(2)3/h4,13-16H,1-2,5H2,3H3. The molecule has 102 valence electrons. The molecule has 0 aromatic rings. The summed E-state index contributed by atoms with van der Waals surface area (Å²) in [5, 5.41) is 36.8. The van der Waals surface area contributed by atoms with Gasteiger partial charge in [0.25, 0.3) is 5.79 Å². The Morgan fingerprint density at radius 3 is 2.17 bits per heavy atom. The van der Waals surface area contributed by atoms with E-state index in [1.807, 2.05) is 0 Å². The first kappa shape index (κ1) is 16.3. The average molecular weight is 262 g/mol. The first-order chi connectivity index (χ1) is 8.03. The van der Waals surface area contributed by atoms with Crippen LogP contribution in [0.3, 0.4) is 0 Å². The van der Waals surface area contributed by atoms with Crippen LogP contribution < -0.4 is 0 Å². The molecule has 8 heteroatoms. The van der Waals surface area contributed by atoms with Crippen LogP contribution in [0.4, 0.5) is 0 Å².